The summed E-state index contributed by atoms with van der Waals surface area (Å²) in [5.74, 6) is 0.0142. The van der Waals surface area contributed by atoms with Gasteiger partial charge in [-0.05, 0) is 19.1 Å². The fourth-order valence-electron chi connectivity index (χ4n) is 1.66. The highest BCUT2D eigenvalue weighted by atomic mass is 16.6. The highest BCUT2D eigenvalue weighted by molar-refractivity contribution is 5.87. The summed E-state index contributed by atoms with van der Waals surface area (Å²) < 4.78 is 10.2. The van der Waals surface area contributed by atoms with E-state index in [9.17, 15) is 9.59 Å². The van der Waals surface area contributed by atoms with E-state index >= 15 is 0 Å². The van der Waals surface area contributed by atoms with Gasteiger partial charge in [0.2, 0.25) is 0 Å². The number of ether oxygens (including phenoxy) is 2. The quantitative estimate of drug-likeness (QED) is 0.607. The molecule has 5 nitrogen and oxygen atoms in total. The first-order chi connectivity index (χ1) is 9.24. The maximum absolute atomic E-state index is 11.3. The van der Waals surface area contributed by atoms with Crippen molar-refractivity contribution in [2.45, 2.75) is 6.92 Å². The van der Waals surface area contributed by atoms with Crippen molar-refractivity contribution in [3.63, 3.8) is 0 Å². The van der Waals surface area contributed by atoms with Gasteiger partial charge >= 0.3 is 5.97 Å². The number of aromatic nitrogens is 1. The van der Waals surface area contributed by atoms with Crippen LogP contribution in [0, 0.1) is 0 Å². The van der Waals surface area contributed by atoms with Crippen LogP contribution in [0.5, 0.6) is 5.75 Å². The molecular weight excluding hydrogens is 246 g/mol. The van der Waals surface area contributed by atoms with Gasteiger partial charge in [0.15, 0.2) is 12.9 Å². The van der Waals surface area contributed by atoms with E-state index in [1.54, 1.807) is 31.2 Å². The van der Waals surface area contributed by atoms with Gasteiger partial charge < -0.3 is 9.47 Å². The number of carbonyl (C=O) groups is 2. The topological polar surface area (TPSA) is 65.5 Å². The molecule has 0 amide bonds. The molecule has 0 saturated heterocycles. The van der Waals surface area contributed by atoms with E-state index in [2.05, 4.69) is 4.98 Å². The minimum absolute atomic E-state index is 0.181. The molecule has 0 aliphatic rings. The minimum atomic E-state index is -0.439. The second kappa shape index (κ2) is 5.95. The Morgan fingerprint density at radius 3 is 2.89 bits per heavy atom. The predicted octanol–water partition coefficient (Wildman–Crippen LogP) is 1.99. The van der Waals surface area contributed by atoms with Crippen LogP contribution in [0.1, 0.15) is 17.4 Å². The summed E-state index contributed by atoms with van der Waals surface area (Å²) in [6, 6.07) is 8.76. The molecule has 0 unspecified atom stereocenters. The number of hydrogen-bond donors (Lipinski definition) is 0. The van der Waals surface area contributed by atoms with Crippen molar-refractivity contribution in [2.24, 2.45) is 0 Å². The van der Waals surface area contributed by atoms with Gasteiger partial charge in [-0.3, -0.25) is 4.79 Å². The molecule has 0 aliphatic heterocycles. The van der Waals surface area contributed by atoms with Gasteiger partial charge in [0.05, 0.1) is 6.61 Å². The van der Waals surface area contributed by atoms with Gasteiger partial charge in [0, 0.05) is 5.39 Å². The van der Waals surface area contributed by atoms with E-state index in [4.69, 9.17) is 9.47 Å². The Balaban J connectivity index is 2.26. The molecule has 1 aromatic carbocycles. The van der Waals surface area contributed by atoms with E-state index in [1.165, 1.54) is 0 Å². The van der Waals surface area contributed by atoms with Crippen LogP contribution in [-0.4, -0.2) is 30.5 Å². The summed E-state index contributed by atoms with van der Waals surface area (Å²) in [4.78, 5) is 26.2. The third-order valence-electron chi connectivity index (χ3n) is 2.48. The van der Waals surface area contributed by atoms with Crippen LogP contribution in [-0.2, 0) is 9.53 Å². The third kappa shape index (κ3) is 3.07. The fourth-order valence-corrected chi connectivity index (χ4v) is 1.66. The van der Waals surface area contributed by atoms with Crippen molar-refractivity contribution in [3.8, 4) is 5.75 Å². The first-order valence-electron chi connectivity index (χ1n) is 5.88. The molecule has 98 valence electrons. The Kier molecular flexibility index (Phi) is 4.07. The lowest BCUT2D eigenvalue weighted by atomic mass is 10.2. The SMILES string of the molecule is CCOC(=O)COc1cccc2ccc(C=O)nc12. The molecule has 2 rings (SSSR count). The van der Waals surface area contributed by atoms with Crippen LogP contribution < -0.4 is 4.74 Å². The summed E-state index contributed by atoms with van der Waals surface area (Å²) in [6.45, 7) is 1.86. The monoisotopic (exact) mass is 259 g/mol. The summed E-state index contributed by atoms with van der Waals surface area (Å²) in [6.07, 6.45) is 0.668. The van der Waals surface area contributed by atoms with Crippen molar-refractivity contribution in [1.29, 1.82) is 0 Å². The van der Waals surface area contributed by atoms with Gasteiger partial charge in [-0.25, -0.2) is 9.78 Å². The Bertz CT molecular complexity index is 609. The number of nitrogens with zero attached hydrogens (tertiary/aromatic N) is 1. The molecule has 1 heterocycles. The zero-order valence-electron chi connectivity index (χ0n) is 10.5. The van der Waals surface area contributed by atoms with Crippen LogP contribution in [0.15, 0.2) is 30.3 Å². The number of aldehydes is 1. The Hall–Kier alpha value is -2.43. The molecule has 0 spiro atoms. The first-order valence-corrected chi connectivity index (χ1v) is 5.88. The Morgan fingerprint density at radius 2 is 2.16 bits per heavy atom. The number of esters is 1. The van der Waals surface area contributed by atoms with Crippen molar-refractivity contribution in [1.82, 2.24) is 4.98 Å². The minimum Gasteiger partial charge on any atom is -0.480 e. The van der Waals surface area contributed by atoms with Crippen LogP contribution >= 0.6 is 0 Å². The van der Waals surface area contributed by atoms with Crippen molar-refractivity contribution < 1.29 is 19.1 Å². The van der Waals surface area contributed by atoms with E-state index < -0.39 is 5.97 Å². The third-order valence-corrected chi connectivity index (χ3v) is 2.48. The number of rotatable bonds is 5. The number of hydrogen-bond acceptors (Lipinski definition) is 5. The zero-order valence-corrected chi connectivity index (χ0v) is 10.5. The van der Waals surface area contributed by atoms with Crippen LogP contribution in [0.4, 0.5) is 0 Å². The average Bonchev–Trinajstić information content (AvgIpc) is 2.44. The molecule has 0 saturated carbocycles. The summed E-state index contributed by atoms with van der Waals surface area (Å²) >= 11 is 0. The average molecular weight is 259 g/mol. The molecule has 0 bridgehead atoms. The highest BCUT2D eigenvalue weighted by Gasteiger charge is 2.08. The van der Waals surface area contributed by atoms with E-state index in [-0.39, 0.29) is 6.61 Å². The Labute approximate surface area is 110 Å². The van der Waals surface area contributed by atoms with Gasteiger partial charge in [-0.2, -0.15) is 0 Å². The van der Waals surface area contributed by atoms with E-state index in [0.29, 0.717) is 29.9 Å². The summed E-state index contributed by atoms with van der Waals surface area (Å²) in [7, 11) is 0. The largest absolute Gasteiger partial charge is 0.480 e. The standard InChI is InChI=1S/C14H13NO4/c1-2-18-13(17)9-19-12-5-3-4-10-6-7-11(8-16)15-14(10)12/h3-8H,2,9H2,1H3. The van der Waals surface area contributed by atoms with E-state index in [0.717, 1.165) is 5.39 Å². The molecular formula is C14H13NO4. The number of pyridine rings is 1. The van der Waals surface area contributed by atoms with Gasteiger partial charge in [-0.15, -0.1) is 0 Å². The van der Waals surface area contributed by atoms with Crippen molar-refractivity contribution >= 4 is 23.2 Å². The Morgan fingerprint density at radius 1 is 1.32 bits per heavy atom. The smallest absolute Gasteiger partial charge is 0.344 e. The normalized spacial score (nSPS) is 10.2. The number of para-hydroxylation sites is 1. The lowest BCUT2D eigenvalue weighted by Crippen LogP contribution is -2.14. The lowest BCUT2D eigenvalue weighted by molar-refractivity contribution is -0.145. The first kappa shape index (κ1) is 13.0. The molecule has 0 fully saturated rings. The zero-order chi connectivity index (χ0) is 13.7. The lowest BCUT2D eigenvalue weighted by Gasteiger charge is -2.08. The van der Waals surface area contributed by atoms with Crippen molar-refractivity contribution in [3.05, 3.63) is 36.0 Å². The molecule has 2 aromatic rings. The molecule has 5 heteroatoms. The molecule has 19 heavy (non-hydrogen) atoms. The summed E-state index contributed by atoms with van der Waals surface area (Å²) in [5.41, 5.74) is 0.871. The molecule has 1 aromatic heterocycles. The second-order valence-electron chi connectivity index (χ2n) is 3.78. The number of fused-ring (bicyclic) bond motifs is 1. The maximum Gasteiger partial charge on any atom is 0.344 e. The molecule has 0 radical (unpaired) electrons. The van der Waals surface area contributed by atoms with Gasteiger partial charge in [0.25, 0.3) is 0 Å². The van der Waals surface area contributed by atoms with E-state index in [1.807, 2.05) is 6.07 Å². The second-order valence-corrected chi connectivity index (χ2v) is 3.78. The number of benzene rings is 1. The van der Waals surface area contributed by atoms with Crippen molar-refractivity contribution in [2.75, 3.05) is 13.2 Å². The van der Waals surface area contributed by atoms with Gasteiger partial charge in [0.1, 0.15) is 17.0 Å². The van der Waals surface area contributed by atoms with Crippen LogP contribution in [0.2, 0.25) is 0 Å². The van der Waals surface area contributed by atoms with Crippen LogP contribution in [0.3, 0.4) is 0 Å². The van der Waals surface area contributed by atoms with Crippen LogP contribution in [0.25, 0.3) is 10.9 Å². The number of carbonyl (C=O) groups excluding carboxylic acids is 2. The molecule has 0 aliphatic carbocycles. The highest BCUT2D eigenvalue weighted by Crippen LogP contribution is 2.23. The maximum atomic E-state index is 11.3. The fraction of sp³-hybridized carbons (Fsp3) is 0.214. The van der Waals surface area contributed by atoms with Gasteiger partial charge in [-0.1, -0.05) is 18.2 Å². The molecule has 0 atom stereocenters. The molecule has 0 N–H and O–H groups in total. The summed E-state index contributed by atoms with van der Waals surface area (Å²) in [5, 5.41) is 0.840. The predicted molar refractivity (Wildman–Crippen MR) is 69.3 cm³/mol.